The van der Waals surface area contributed by atoms with Gasteiger partial charge in [-0.05, 0) is 42.3 Å². The first-order valence-corrected chi connectivity index (χ1v) is 5.18. The summed E-state index contributed by atoms with van der Waals surface area (Å²) >= 11 is 0. The Hall–Kier alpha value is -2.14. The minimum Gasteiger partial charge on any atom is -0.207 e. The van der Waals surface area contributed by atoms with E-state index in [2.05, 4.69) is 11.8 Å². The molecule has 2 heteroatoms. The average Bonchev–Trinajstić information content (AvgIpc) is 2.29. The Bertz CT molecular complexity index is 566. The Morgan fingerprint density at radius 1 is 0.824 bits per heavy atom. The molecular weight excluding hydrogens is 218 g/mol. The van der Waals surface area contributed by atoms with E-state index in [0.29, 0.717) is 5.56 Å². The Balaban J connectivity index is 2.41. The van der Waals surface area contributed by atoms with E-state index >= 15 is 0 Å². The van der Waals surface area contributed by atoms with E-state index < -0.39 is 11.6 Å². The molecule has 0 saturated carbocycles. The predicted molar refractivity (Wildman–Crippen MR) is 64.3 cm³/mol. The van der Waals surface area contributed by atoms with Crippen LogP contribution in [-0.4, -0.2) is 0 Å². The topological polar surface area (TPSA) is 0 Å². The lowest BCUT2D eigenvalue weighted by Gasteiger charge is -2.02. The second-order valence-electron chi connectivity index (χ2n) is 3.61. The number of hydrogen-bond donors (Lipinski definition) is 0. The van der Waals surface area contributed by atoms with E-state index in [1.165, 1.54) is 12.1 Å². The van der Waals surface area contributed by atoms with Crippen LogP contribution in [0.25, 0.3) is 11.1 Å². The van der Waals surface area contributed by atoms with Crippen LogP contribution in [0.2, 0.25) is 0 Å². The van der Waals surface area contributed by atoms with Crippen LogP contribution in [0.1, 0.15) is 12.5 Å². The van der Waals surface area contributed by atoms with Gasteiger partial charge in [-0.2, -0.15) is 0 Å². The lowest BCUT2D eigenvalue weighted by molar-refractivity contribution is 0.584. The van der Waals surface area contributed by atoms with Crippen molar-refractivity contribution in [1.82, 2.24) is 0 Å². The van der Waals surface area contributed by atoms with E-state index in [-0.39, 0.29) is 0 Å². The molecule has 2 aromatic rings. The van der Waals surface area contributed by atoms with Gasteiger partial charge in [0.1, 0.15) is 11.6 Å². The monoisotopic (exact) mass is 228 g/mol. The maximum absolute atomic E-state index is 13.1. The highest BCUT2D eigenvalue weighted by molar-refractivity contribution is 5.64. The van der Waals surface area contributed by atoms with Gasteiger partial charge in [-0.25, -0.2) is 8.78 Å². The summed E-state index contributed by atoms with van der Waals surface area (Å²) in [6.07, 6.45) is 0. The Morgan fingerprint density at radius 2 is 1.41 bits per heavy atom. The summed E-state index contributed by atoms with van der Waals surface area (Å²) in [5.74, 6) is 4.56. The quantitative estimate of drug-likeness (QED) is 0.647. The molecule has 84 valence electrons. The van der Waals surface area contributed by atoms with Crippen molar-refractivity contribution in [3.63, 3.8) is 0 Å². The van der Waals surface area contributed by atoms with Crippen LogP contribution in [0.15, 0.2) is 42.5 Å². The molecular formula is C15H10F2. The fourth-order valence-electron chi connectivity index (χ4n) is 1.61. The maximum atomic E-state index is 13.1. The summed E-state index contributed by atoms with van der Waals surface area (Å²) in [6.45, 7) is 1.76. The van der Waals surface area contributed by atoms with Gasteiger partial charge in [0.15, 0.2) is 0 Å². The molecule has 0 fully saturated rings. The highest BCUT2D eigenvalue weighted by Gasteiger charge is 2.02. The minimum atomic E-state index is -0.572. The molecule has 0 N–H and O–H groups in total. The summed E-state index contributed by atoms with van der Waals surface area (Å²) in [7, 11) is 0. The fourth-order valence-corrected chi connectivity index (χ4v) is 1.61. The molecule has 0 aliphatic carbocycles. The van der Waals surface area contributed by atoms with Gasteiger partial charge in [0, 0.05) is 11.6 Å². The number of rotatable bonds is 1. The van der Waals surface area contributed by atoms with Crippen molar-refractivity contribution in [2.45, 2.75) is 6.92 Å². The van der Waals surface area contributed by atoms with Crippen molar-refractivity contribution in [3.05, 3.63) is 59.7 Å². The molecule has 17 heavy (non-hydrogen) atoms. The van der Waals surface area contributed by atoms with Gasteiger partial charge >= 0.3 is 0 Å². The molecule has 0 aliphatic heterocycles. The third kappa shape index (κ3) is 2.70. The first-order valence-electron chi connectivity index (χ1n) is 5.18. The molecule has 0 saturated heterocycles. The van der Waals surface area contributed by atoms with Crippen molar-refractivity contribution in [2.75, 3.05) is 0 Å². The van der Waals surface area contributed by atoms with Crippen LogP contribution in [-0.2, 0) is 0 Å². The first kappa shape index (κ1) is 11.3. The number of halogens is 2. The first-order chi connectivity index (χ1) is 8.19. The maximum Gasteiger partial charge on any atom is 0.126 e. The molecule has 0 atom stereocenters. The van der Waals surface area contributed by atoms with Crippen LogP contribution >= 0.6 is 0 Å². The molecule has 0 spiro atoms. The average molecular weight is 228 g/mol. The van der Waals surface area contributed by atoms with Gasteiger partial charge in [-0.3, -0.25) is 0 Å². The van der Waals surface area contributed by atoms with Gasteiger partial charge in [0.05, 0.1) is 0 Å². The van der Waals surface area contributed by atoms with Gasteiger partial charge in [-0.1, -0.05) is 18.1 Å². The van der Waals surface area contributed by atoms with Crippen molar-refractivity contribution in [2.24, 2.45) is 0 Å². The third-order valence-corrected chi connectivity index (χ3v) is 2.35. The fraction of sp³-hybridized carbons (Fsp3) is 0.0667. The predicted octanol–water partition coefficient (Wildman–Crippen LogP) is 4.00. The molecule has 0 amide bonds. The molecule has 0 bridgehead atoms. The van der Waals surface area contributed by atoms with Gasteiger partial charge in [0.25, 0.3) is 0 Å². The Morgan fingerprint density at radius 3 is 1.94 bits per heavy atom. The van der Waals surface area contributed by atoms with Gasteiger partial charge in [0.2, 0.25) is 0 Å². The summed E-state index contributed by atoms with van der Waals surface area (Å²) in [6, 6.07) is 10.7. The molecule has 0 nitrogen and oxygen atoms in total. The van der Waals surface area contributed by atoms with Crippen molar-refractivity contribution in [1.29, 1.82) is 0 Å². The second kappa shape index (κ2) is 4.80. The molecule has 2 aromatic carbocycles. The van der Waals surface area contributed by atoms with E-state index in [4.69, 9.17) is 0 Å². The summed E-state index contributed by atoms with van der Waals surface area (Å²) < 4.78 is 26.1. The van der Waals surface area contributed by atoms with E-state index in [1.807, 2.05) is 12.1 Å². The van der Waals surface area contributed by atoms with Crippen LogP contribution in [0, 0.1) is 23.5 Å². The molecule has 0 radical (unpaired) electrons. The van der Waals surface area contributed by atoms with Crippen LogP contribution in [0.4, 0.5) is 8.78 Å². The lowest BCUT2D eigenvalue weighted by Crippen LogP contribution is -1.84. The Labute approximate surface area is 98.9 Å². The third-order valence-electron chi connectivity index (χ3n) is 2.35. The van der Waals surface area contributed by atoms with E-state index in [1.54, 1.807) is 19.1 Å². The van der Waals surface area contributed by atoms with E-state index in [0.717, 1.165) is 17.2 Å². The lowest BCUT2D eigenvalue weighted by atomic mass is 10.0. The largest absolute Gasteiger partial charge is 0.207 e. The van der Waals surface area contributed by atoms with Crippen molar-refractivity contribution < 1.29 is 8.78 Å². The smallest absolute Gasteiger partial charge is 0.126 e. The van der Waals surface area contributed by atoms with Crippen LogP contribution < -0.4 is 0 Å². The zero-order valence-electron chi connectivity index (χ0n) is 9.30. The number of hydrogen-bond acceptors (Lipinski definition) is 0. The highest BCUT2D eigenvalue weighted by Crippen LogP contribution is 2.21. The van der Waals surface area contributed by atoms with Gasteiger partial charge in [-0.15, -0.1) is 5.92 Å². The summed E-state index contributed by atoms with van der Waals surface area (Å²) in [5, 5.41) is 0. The molecule has 0 aromatic heterocycles. The molecule has 2 rings (SSSR count). The van der Waals surface area contributed by atoms with Crippen LogP contribution in [0.3, 0.4) is 0 Å². The normalized spacial score (nSPS) is 9.59. The van der Waals surface area contributed by atoms with Crippen LogP contribution in [0.5, 0.6) is 0 Å². The number of benzene rings is 2. The molecule has 0 heterocycles. The Kier molecular flexibility index (Phi) is 3.20. The standard InChI is InChI=1S/C15H10F2/c1-2-3-11-4-6-12(7-5-11)13-8-14(16)10-15(17)9-13/h4-10H,1H3. The van der Waals surface area contributed by atoms with Gasteiger partial charge < -0.3 is 0 Å². The summed E-state index contributed by atoms with van der Waals surface area (Å²) in [5.41, 5.74) is 2.18. The second-order valence-corrected chi connectivity index (χ2v) is 3.61. The zero-order valence-corrected chi connectivity index (χ0v) is 9.30. The summed E-state index contributed by atoms with van der Waals surface area (Å²) in [4.78, 5) is 0. The van der Waals surface area contributed by atoms with Crippen molar-refractivity contribution >= 4 is 0 Å². The molecule has 0 aliphatic rings. The van der Waals surface area contributed by atoms with E-state index in [9.17, 15) is 8.78 Å². The SMILES string of the molecule is CC#Cc1ccc(-c2cc(F)cc(F)c2)cc1. The highest BCUT2D eigenvalue weighted by atomic mass is 19.1. The zero-order chi connectivity index (χ0) is 12.3. The molecule has 0 unspecified atom stereocenters. The minimum absolute atomic E-state index is 0.526. The van der Waals surface area contributed by atoms with Crippen molar-refractivity contribution in [3.8, 4) is 23.0 Å².